The Morgan fingerprint density at radius 1 is 1.40 bits per heavy atom. The van der Waals surface area contributed by atoms with Crippen molar-refractivity contribution in [3.8, 4) is 0 Å². The van der Waals surface area contributed by atoms with Crippen LogP contribution in [0.3, 0.4) is 0 Å². The van der Waals surface area contributed by atoms with E-state index in [1.807, 2.05) is 0 Å². The van der Waals surface area contributed by atoms with Gasteiger partial charge < -0.3 is 5.11 Å². The zero-order valence-corrected chi connectivity index (χ0v) is 12.5. The van der Waals surface area contributed by atoms with E-state index in [4.69, 9.17) is 0 Å². The van der Waals surface area contributed by atoms with Crippen molar-refractivity contribution in [1.82, 2.24) is 4.31 Å². The molecule has 0 saturated heterocycles. The average Bonchev–Trinajstić information content (AvgIpc) is 2.41. The van der Waals surface area contributed by atoms with Crippen molar-refractivity contribution >= 4 is 31.6 Å². The van der Waals surface area contributed by atoms with Crippen molar-refractivity contribution in [3.05, 3.63) is 44.9 Å². The van der Waals surface area contributed by atoms with Crippen LogP contribution in [-0.4, -0.2) is 41.9 Å². The predicted octanol–water partition coefficient (Wildman–Crippen LogP) is 1.24. The Balaban J connectivity index is 2.45. The van der Waals surface area contributed by atoms with Crippen molar-refractivity contribution in [1.29, 1.82) is 0 Å². The molecule has 1 N–H and O–H groups in total. The van der Waals surface area contributed by atoms with Crippen LogP contribution in [0, 0.1) is 10.1 Å². The Bertz CT molecular complexity index is 673. The lowest BCUT2D eigenvalue weighted by Gasteiger charge is -2.27. The fourth-order valence-corrected chi connectivity index (χ4v) is 3.67. The molecule has 1 heterocycles. The third kappa shape index (κ3) is 2.75. The molecule has 0 saturated carbocycles. The summed E-state index contributed by atoms with van der Waals surface area (Å²) in [6, 6.07) is 5.15. The van der Waals surface area contributed by atoms with Gasteiger partial charge in [0.05, 0.1) is 11.0 Å². The smallest absolute Gasteiger partial charge is 0.289 e. The molecule has 2 rings (SSSR count). The Hall–Kier alpha value is -1.29. The van der Waals surface area contributed by atoms with Gasteiger partial charge in [0.15, 0.2) is 4.90 Å². The van der Waals surface area contributed by atoms with E-state index < -0.39 is 26.7 Å². The number of hydrogen-bond donors (Lipinski definition) is 1. The quantitative estimate of drug-likeness (QED) is 0.643. The largest absolute Gasteiger partial charge is 0.386 e. The number of sulfonamides is 1. The molecular weight excluding hydrogens is 352 g/mol. The van der Waals surface area contributed by atoms with Gasteiger partial charge in [-0.15, -0.1) is 0 Å². The highest BCUT2D eigenvalue weighted by molar-refractivity contribution is 9.11. The molecule has 20 heavy (non-hydrogen) atoms. The molecule has 1 aliphatic heterocycles. The second-order valence-electron chi connectivity index (χ2n) is 4.15. The highest BCUT2D eigenvalue weighted by Crippen LogP contribution is 2.28. The Morgan fingerprint density at radius 3 is 2.65 bits per heavy atom. The lowest BCUT2D eigenvalue weighted by atomic mass is 10.2. The molecule has 0 bridgehead atoms. The van der Waals surface area contributed by atoms with Gasteiger partial charge >= 0.3 is 0 Å². The number of rotatable bonds is 3. The highest BCUT2D eigenvalue weighted by Gasteiger charge is 2.34. The van der Waals surface area contributed by atoms with Crippen LogP contribution in [0.2, 0.25) is 0 Å². The lowest BCUT2D eigenvalue weighted by Crippen LogP contribution is -2.41. The number of aliphatic hydroxyl groups is 1. The number of para-hydroxylation sites is 1. The maximum Gasteiger partial charge on any atom is 0.289 e. The highest BCUT2D eigenvalue weighted by atomic mass is 79.9. The van der Waals surface area contributed by atoms with Crippen LogP contribution in [0.1, 0.15) is 0 Å². The van der Waals surface area contributed by atoms with Gasteiger partial charge in [0, 0.05) is 23.6 Å². The normalized spacial score (nSPS) is 20.5. The van der Waals surface area contributed by atoms with Crippen molar-refractivity contribution in [2.24, 2.45) is 0 Å². The predicted molar refractivity (Wildman–Crippen MR) is 74.9 cm³/mol. The topological polar surface area (TPSA) is 101 Å². The van der Waals surface area contributed by atoms with Crippen LogP contribution >= 0.6 is 15.9 Å². The molecule has 0 amide bonds. The first kappa shape index (κ1) is 15.1. The van der Waals surface area contributed by atoms with Gasteiger partial charge in [-0.1, -0.05) is 34.1 Å². The third-order valence-corrected chi connectivity index (χ3v) is 5.60. The SMILES string of the molecule is O=[N+]([O-])c1ccccc1S(=O)(=O)N1CC=C(Br)C(O)C1. The van der Waals surface area contributed by atoms with Crippen LogP contribution in [-0.2, 0) is 10.0 Å². The summed E-state index contributed by atoms with van der Waals surface area (Å²) in [7, 11) is -4.03. The maximum atomic E-state index is 12.4. The lowest BCUT2D eigenvalue weighted by molar-refractivity contribution is -0.387. The van der Waals surface area contributed by atoms with E-state index in [9.17, 15) is 23.6 Å². The maximum absolute atomic E-state index is 12.4. The van der Waals surface area contributed by atoms with E-state index in [-0.39, 0.29) is 18.0 Å². The minimum atomic E-state index is -4.03. The molecule has 0 spiro atoms. The molecule has 7 nitrogen and oxygen atoms in total. The van der Waals surface area contributed by atoms with Gasteiger partial charge in [-0.05, 0) is 6.07 Å². The molecular formula is C11H11BrN2O5S. The van der Waals surface area contributed by atoms with Crippen LogP contribution in [0.25, 0.3) is 0 Å². The van der Waals surface area contributed by atoms with E-state index in [2.05, 4.69) is 15.9 Å². The molecule has 1 unspecified atom stereocenters. The van der Waals surface area contributed by atoms with Crippen molar-refractivity contribution in [3.63, 3.8) is 0 Å². The standard InChI is InChI=1S/C11H11BrN2O5S/c12-8-5-6-13(7-10(8)15)20(18,19)11-4-2-1-3-9(11)14(16)17/h1-5,10,15H,6-7H2. The van der Waals surface area contributed by atoms with E-state index in [0.29, 0.717) is 4.48 Å². The van der Waals surface area contributed by atoms with Gasteiger partial charge in [-0.25, -0.2) is 8.42 Å². The molecule has 1 aromatic carbocycles. The number of halogens is 1. The number of aliphatic hydroxyl groups excluding tert-OH is 1. The third-order valence-electron chi connectivity index (χ3n) is 2.86. The summed E-state index contributed by atoms with van der Waals surface area (Å²) in [6.45, 7) is -0.0997. The van der Waals surface area contributed by atoms with Crippen molar-refractivity contribution in [2.75, 3.05) is 13.1 Å². The Morgan fingerprint density at radius 2 is 2.05 bits per heavy atom. The summed E-state index contributed by atoms with van der Waals surface area (Å²) < 4.78 is 26.4. The summed E-state index contributed by atoms with van der Waals surface area (Å²) in [6.07, 6.45) is 0.543. The van der Waals surface area contributed by atoms with Gasteiger partial charge in [-0.3, -0.25) is 10.1 Å². The zero-order chi connectivity index (χ0) is 14.9. The first-order valence-electron chi connectivity index (χ1n) is 5.61. The van der Waals surface area contributed by atoms with Gasteiger partial charge in [0.1, 0.15) is 0 Å². The van der Waals surface area contributed by atoms with Crippen LogP contribution < -0.4 is 0 Å². The van der Waals surface area contributed by atoms with Gasteiger partial charge in [-0.2, -0.15) is 4.31 Å². The van der Waals surface area contributed by atoms with E-state index >= 15 is 0 Å². The second kappa shape index (κ2) is 5.60. The molecule has 1 aliphatic rings. The summed E-state index contributed by atoms with van der Waals surface area (Å²) in [5, 5.41) is 20.6. The minimum absolute atomic E-state index is 0.0476. The summed E-state index contributed by atoms with van der Waals surface area (Å²) in [4.78, 5) is 9.81. The van der Waals surface area contributed by atoms with E-state index in [0.717, 1.165) is 10.4 Å². The summed E-state index contributed by atoms with van der Waals surface area (Å²) in [5.41, 5.74) is -0.476. The monoisotopic (exact) mass is 362 g/mol. The molecule has 0 fully saturated rings. The van der Waals surface area contributed by atoms with E-state index in [1.165, 1.54) is 24.3 Å². The minimum Gasteiger partial charge on any atom is -0.386 e. The molecule has 0 radical (unpaired) electrons. The number of hydrogen-bond acceptors (Lipinski definition) is 5. The molecule has 1 aromatic rings. The van der Waals surface area contributed by atoms with E-state index in [1.54, 1.807) is 0 Å². The first-order chi connectivity index (χ1) is 9.34. The summed E-state index contributed by atoms with van der Waals surface area (Å²) in [5.74, 6) is 0. The van der Waals surface area contributed by atoms with Crippen molar-refractivity contribution < 1.29 is 18.4 Å². The number of nitro benzene ring substituents is 1. The Labute approximate surface area is 123 Å². The Kier molecular flexibility index (Phi) is 4.23. The number of β-amino-alcohol motifs (C(OH)–C–C–N with tert-alkyl or cyclic N) is 1. The number of nitrogens with zero attached hydrogens (tertiary/aromatic N) is 2. The molecule has 108 valence electrons. The van der Waals surface area contributed by atoms with Crippen LogP contribution in [0.4, 0.5) is 5.69 Å². The van der Waals surface area contributed by atoms with Gasteiger partial charge in [0.2, 0.25) is 10.0 Å². The molecule has 1 atom stereocenters. The fourth-order valence-electron chi connectivity index (χ4n) is 1.84. The molecule has 0 aliphatic carbocycles. The number of nitro groups is 1. The van der Waals surface area contributed by atoms with Crippen LogP contribution in [0.15, 0.2) is 39.7 Å². The van der Waals surface area contributed by atoms with Crippen molar-refractivity contribution in [2.45, 2.75) is 11.0 Å². The first-order valence-corrected chi connectivity index (χ1v) is 7.84. The molecule has 9 heteroatoms. The van der Waals surface area contributed by atoms with Gasteiger partial charge in [0.25, 0.3) is 5.69 Å². The number of benzene rings is 1. The zero-order valence-electron chi connectivity index (χ0n) is 10.1. The molecule has 0 aromatic heterocycles. The fraction of sp³-hybridized carbons (Fsp3) is 0.273. The van der Waals surface area contributed by atoms with Crippen LogP contribution in [0.5, 0.6) is 0 Å². The second-order valence-corrected chi connectivity index (χ2v) is 6.97. The summed E-state index contributed by atoms with van der Waals surface area (Å²) >= 11 is 3.12. The average molecular weight is 363 g/mol.